The largest absolute Gasteiger partial charge is 0.389 e. The van der Waals surface area contributed by atoms with Crippen molar-refractivity contribution in [3.05, 3.63) is 82.5 Å². The van der Waals surface area contributed by atoms with Gasteiger partial charge in [-0.05, 0) is 118 Å². The van der Waals surface area contributed by atoms with Crippen molar-refractivity contribution in [2.75, 3.05) is 6.61 Å². The second-order valence-electron chi connectivity index (χ2n) is 14.3. The molecule has 0 bridgehead atoms. The molecule has 0 aromatic rings. The summed E-state index contributed by atoms with van der Waals surface area (Å²) in [5.41, 5.74) is 6.90. The van der Waals surface area contributed by atoms with Gasteiger partial charge in [0.05, 0.1) is 18.3 Å². The predicted molar refractivity (Wildman–Crippen MR) is 215 cm³/mol. The van der Waals surface area contributed by atoms with E-state index in [0.717, 1.165) is 64.2 Å². The van der Waals surface area contributed by atoms with E-state index in [1.807, 2.05) is 26.8 Å². The van der Waals surface area contributed by atoms with E-state index in [9.17, 15) is 19.7 Å². The maximum Gasteiger partial charge on any atom is 0.135 e. The number of halogens is 1. The van der Waals surface area contributed by atoms with Crippen LogP contribution in [0.1, 0.15) is 147 Å². The lowest BCUT2D eigenvalue weighted by Crippen LogP contribution is -2.40. The van der Waals surface area contributed by atoms with Gasteiger partial charge in [0, 0.05) is 12.5 Å². The summed E-state index contributed by atoms with van der Waals surface area (Å²) < 4.78 is 20.3. The third kappa shape index (κ3) is 20.1. The molecule has 0 aliphatic heterocycles. The predicted octanol–water partition coefficient (Wildman–Crippen LogP) is 11.9. The summed E-state index contributed by atoms with van der Waals surface area (Å²) in [5, 5.41) is 30.0. The molecule has 2 aliphatic rings. The second-order valence-corrected chi connectivity index (χ2v) is 14.3. The Morgan fingerprint density at radius 1 is 0.600 bits per heavy atom. The van der Waals surface area contributed by atoms with Crippen LogP contribution in [0, 0.1) is 17.8 Å². The van der Waals surface area contributed by atoms with Crippen LogP contribution in [0.2, 0.25) is 0 Å². The smallest absolute Gasteiger partial charge is 0.135 e. The van der Waals surface area contributed by atoms with E-state index in [2.05, 4.69) is 85.8 Å². The molecule has 288 valence electrons. The Bertz CT molecular complexity index is 1110. The molecule has 2 rings (SSSR count). The summed E-state index contributed by atoms with van der Waals surface area (Å²) in [6, 6.07) is 0. The minimum Gasteiger partial charge on any atom is -0.389 e. The van der Waals surface area contributed by atoms with Gasteiger partial charge in [-0.3, -0.25) is 0 Å². The molecular formula is C45H77FO4. The molecule has 8 atom stereocenters. The average Bonchev–Trinajstić information content (AvgIpc) is 3.09. The highest BCUT2D eigenvalue weighted by Crippen LogP contribution is 2.32. The van der Waals surface area contributed by atoms with Crippen LogP contribution in [0.15, 0.2) is 82.5 Å². The molecule has 0 aromatic carbocycles. The van der Waals surface area contributed by atoms with E-state index >= 15 is 0 Å². The van der Waals surface area contributed by atoms with E-state index in [0.29, 0.717) is 13.0 Å². The van der Waals surface area contributed by atoms with Gasteiger partial charge in [-0.1, -0.05) is 124 Å². The van der Waals surface area contributed by atoms with Crippen LogP contribution in [-0.4, -0.2) is 52.5 Å². The molecule has 8 unspecified atom stereocenters. The molecule has 0 heterocycles. The Morgan fingerprint density at radius 3 is 1.56 bits per heavy atom. The van der Waals surface area contributed by atoms with Crippen molar-refractivity contribution in [3.8, 4) is 0 Å². The number of rotatable bonds is 18. The first kappa shape index (κ1) is 48.0. The Hall–Kier alpha value is -2.05. The number of aliphatic hydroxyl groups is 3. The second kappa shape index (κ2) is 28.5. The Balaban J connectivity index is 0.000000940. The minimum absolute atomic E-state index is 0.137. The molecule has 4 nitrogen and oxygen atoms in total. The lowest BCUT2D eigenvalue weighted by atomic mass is 9.76. The summed E-state index contributed by atoms with van der Waals surface area (Å²) in [4.78, 5) is 0. The summed E-state index contributed by atoms with van der Waals surface area (Å²) in [5.74, 6) is -0.0120. The standard InChI is InChI=1S/C24H39FO2.C19H32O2.C2H6/c1-6-17-27-23-16-15-22(26)24(25)21(23)14-13-20(5)12-8-11-19(4)10-7-9-18(2)3;1-5-14(3)8-7-9-15(4)10-11-17-16(6-2)18(20)12-13-19(17)21;1-2/h9,11,13,15-16,21-24,26H,6-8,10,12,14,17H2,1-5H3;8,10,12-13,16-21H,5-7,9,11H2,1-4H3;1-2H3/b19-11+,20-13+;14-8+,15-10+;. The number of alkyl halides is 1. The highest BCUT2D eigenvalue weighted by atomic mass is 19.1. The van der Waals surface area contributed by atoms with Crippen LogP contribution in [0.25, 0.3) is 0 Å². The molecule has 50 heavy (non-hydrogen) atoms. The van der Waals surface area contributed by atoms with Crippen molar-refractivity contribution in [1.29, 1.82) is 0 Å². The van der Waals surface area contributed by atoms with Crippen molar-refractivity contribution in [1.82, 2.24) is 0 Å². The van der Waals surface area contributed by atoms with Crippen LogP contribution >= 0.6 is 0 Å². The number of aliphatic hydroxyl groups excluding tert-OH is 3. The molecule has 3 N–H and O–H groups in total. The zero-order valence-corrected chi connectivity index (χ0v) is 33.9. The van der Waals surface area contributed by atoms with Crippen molar-refractivity contribution >= 4 is 0 Å². The SMILES string of the molecule is CC.CC/C(C)=C/CC/C(C)=C/CC1C(O)C=CC(O)C1CC.CCCOC1C=CC(O)C(F)C1C/C=C(\C)CC/C=C(\C)CCC=C(C)C. The molecule has 0 spiro atoms. The normalized spacial score (nSPS) is 27.3. The van der Waals surface area contributed by atoms with Gasteiger partial charge in [-0.25, -0.2) is 4.39 Å². The van der Waals surface area contributed by atoms with Crippen molar-refractivity contribution in [3.63, 3.8) is 0 Å². The lowest BCUT2D eigenvalue weighted by molar-refractivity contribution is -0.0254. The first-order chi connectivity index (χ1) is 23.8. The molecule has 0 saturated heterocycles. The summed E-state index contributed by atoms with van der Waals surface area (Å²) in [7, 11) is 0. The van der Waals surface area contributed by atoms with E-state index < -0.39 is 24.5 Å². The Morgan fingerprint density at radius 2 is 1.06 bits per heavy atom. The van der Waals surface area contributed by atoms with Gasteiger partial charge in [-0.15, -0.1) is 0 Å². The first-order valence-corrected chi connectivity index (χ1v) is 19.8. The van der Waals surface area contributed by atoms with Crippen LogP contribution in [0.3, 0.4) is 0 Å². The van der Waals surface area contributed by atoms with Crippen molar-refractivity contribution in [2.24, 2.45) is 17.8 Å². The van der Waals surface area contributed by atoms with E-state index in [-0.39, 0.29) is 23.9 Å². The maximum absolute atomic E-state index is 14.5. The van der Waals surface area contributed by atoms with Gasteiger partial charge >= 0.3 is 0 Å². The monoisotopic (exact) mass is 701 g/mol. The van der Waals surface area contributed by atoms with Gasteiger partial charge in [0.25, 0.3) is 0 Å². The fraction of sp³-hybridized carbons (Fsp3) is 0.689. The van der Waals surface area contributed by atoms with E-state index in [1.54, 1.807) is 12.2 Å². The number of ether oxygens (including phenoxy) is 1. The number of hydrogen-bond acceptors (Lipinski definition) is 4. The molecule has 2 aliphatic carbocycles. The Kier molecular flexibility index (Phi) is 27.4. The molecule has 0 aromatic heterocycles. The fourth-order valence-electron chi connectivity index (χ4n) is 6.29. The van der Waals surface area contributed by atoms with Crippen LogP contribution < -0.4 is 0 Å². The zero-order valence-electron chi connectivity index (χ0n) is 33.9. The van der Waals surface area contributed by atoms with Crippen LogP contribution in [0.5, 0.6) is 0 Å². The van der Waals surface area contributed by atoms with Gasteiger partial charge < -0.3 is 20.1 Å². The topological polar surface area (TPSA) is 69.9 Å². The van der Waals surface area contributed by atoms with Gasteiger partial charge in [0.2, 0.25) is 0 Å². The zero-order chi connectivity index (χ0) is 38.1. The van der Waals surface area contributed by atoms with Crippen LogP contribution in [-0.2, 0) is 4.74 Å². The van der Waals surface area contributed by atoms with Gasteiger partial charge in [-0.2, -0.15) is 0 Å². The number of hydrogen-bond donors (Lipinski definition) is 3. The summed E-state index contributed by atoms with van der Waals surface area (Å²) >= 11 is 0. The highest BCUT2D eigenvalue weighted by molar-refractivity contribution is 5.12. The molecule has 0 fully saturated rings. The molecule has 0 radical (unpaired) electrons. The fourth-order valence-corrected chi connectivity index (χ4v) is 6.29. The third-order valence-electron chi connectivity index (χ3n) is 9.76. The van der Waals surface area contributed by atoms with Crippen molar-refractivity contribution < 1.29 is 24.4 Å². The molecule has 0 saturated carbocycles. The van der Waals surface area contributed by atoms with Gasteiger partial charge in [0.15, 0.2) is 0 Å². The number of allylic oxidation sites excluding steroid dienone is 10. The molecular weight excluding hydrogens is 623 g/mol. The highest BCUT2D eigenvalue weighted by Gasteiger charge is 2.36. The lowest BCUT2D eigenvalue weighted by Gasteiger charge is -2.34. The molecule has 5 heteroatoms. The third-order valence-corrected chi connectivity index (χ3v) is 9.76. The molecule has 0 amide bonds. The Labute approximate surface area is 308 Å². The maximum atomic E-state index is 14.5. The summed E-state index contributed by atoms with van der Waals surface area (Å²) in [6.45, 7) is 23.8. The minimum atomic E-state index is -1.27. The van der Waals surface area contributed by atoms with E-state index in [1.165, 1.54) is 33.9 Å². The van der Waals surface area contributed by atoms with Crippen LogP contribution in [0.4, 0.5) is 4.39 Å². The first-order valence-electron chi connectivity index (χ1n) is 19.8. The van der Waals surface area contributed by atoms with Gasteiger partial charge in [0.1, 0.15) is 12.3 Å². The average molecular weight is 701 g/mol. The van der Waals surface area contributed by atoms with E-state index in [4.69, 9.17) is 4.74 Å². The van der Waals surface area contributed by atoms with Crippen molar-refractivity contribution in [2.45, 2.75) is 177 Å². The summed E-state index contributed by atoms with van der Waals surface area (Å²) in [6.07, 6.45) is 25.5. The quantitative estimate of drug-likeness (QED) is 0.125.